The maximum absolute atomic E-state index is 12.7. The van der Waals surface area contributed by atoms with Crippen molar-refractivity contribution in [3.05, 3.63) is 71.3 Å². The largest absolute Gasteiger partial charge is 0.326 e. The molecule has 0 radical (unpaired) electrons. The van der Waals surface area contributed by atoms with Gasteiger partial charge in [0.2, 0.25) is 5.91 Å². The number of amides is 2. The number of benzene rings is 3. The van der Waals surface area contributed by atoms with Gasteiger partial charge in [-0.25, -0.2) is 0 Å². The van der Waals surface area contributed by atoms with Crippen LogP contribution < -0.4 is 10.6 Å². The molecular formula is C23H20N2O2. The summed E-state index contributed by atoms with van der Waals surface area (Å²) in [7, 11) is 0. The summed E-state index contributed by atoms with van der Waals surface area (Å²) in [5.74, 6) is 0.0885. The van der Waals surface area contributed by atoms with Crippen LogP contribution in [0.3, 0.4) is 0 Å². The molecule has 0 saturated heterocycles. The topological polar surface area (TPSA) is 58.2 Å². The highest BCUT2D eigenvalue weighted by atomic mass is 16.2. The summed E-state index contributed by atoms with van der Waals surface area (Å²) in [6, 6.07) is 17.5. The minimum Gasteiger partial charge on any atom is -0.326 e. The third-order valence-electron chi connectivity index (χ3n) is 5.49. The second kappa shape index (κ2) is 6.23. The Balaban J connectivity index is 1.36. The molecule has 1 saturated carbocycles. The van der Waals surface area contributed by atoms with E-state index in [1.165, 1.54) is 16.5 Å². The van der Waals surface area contributed by atoms with Crippen LogP contribution in [0.15, 0.2) is 54.6 Å². The van der Waals surface area contributed by atoms with Crippen LogP contribution in [0.2, 0.25) is 0 Å². The molecule has 3 aromatic carbocycles. The first-order chi connectivity index (χ1) is 13.2. The highest BCUT2D eigenvalue weighted by molar-refractivity contribution is 6.10. The first kappa shape index (κ1) is 16.1. The summed E-state index contributed by atoms with van der Waals surface area (Å²) in [6.45, 7) is 0. The van der Waals surface area contributed by atoms with Crippen LogP contribution in [0.1, 0.15) is 34.3 Å². The molecule has 5 rings (SSSR count). The second-order valence-corrected chi connectivity index (χ2v) is 7.41. The Labute approximate surface area is 157 Å². The molecule has 27 heavy (non-hydrogen) atoms. The van der Waals surface area contributed by atoms with Crippen molar-refractivity contribution in [3.63, 3.8) is 0 Å². The minimum atomic E-state index is -0.145. The van der Waals surface area contributed by atoms with Crippen molar-refractivity contribution < 1.29 is 9.59 Å². The average Bonchev–Trinajstić information content (AvgIpc) is 3.46. The van der Waals surface area contributed by atoms with Crippen LogP contribution in [-0.2, 0) is 17.6 Å². The number of aryl methyl sites for hydroxylation is 2. The Kier molecular flexibility index (Phi) is 3.71. The first-order valence-corrected chi connectivity index (χ1v) is 9.45. The smallest absolute Gasteiger partial charge is 0.255 e. The van der Waals surface area contributed by atoms with Crippen LogP contribution in [0, 0.1) is 5.92 Å². The van der Waals surface area contributed by atoms with E-state index in [2.05, 4.69) is 34.9 Å². The van der Waals surface area contributed by atoms with Crippen molar-refractivity contribution in [2.45, 2.75) is 25.7 Å². The molecule has 2 aliphatic rings. The van der Waals surface area contributed by atoms with Crippen LogP contribution in [0.5, 0.6) is 0 Å². The molecule has 3 aromatic rings. The Bertz CT molecular complexity index is 1060. The summed E-state index contributed by atoms with van der Waals surface area (Å²) >= 11 is 0. The van der Waals surface area contributed by atoms with Crippen LogP contribution >= 0.6 is 0 Å². The van der Waals surface area contributed by atoms with E-state index in [1.54, 1.807) is 24.3 Å². The van der Waals surface area contributed by atoms with E-state index in [-0.39, 0.29) is 17.7 Å². The quantitative estimate of drug-likeness (QED) is 0.721. The van der Waals surface area contributed by atoms with Gasteiger partial charge in [0.1, 0.15) is 0 Å². The summed E-state index contributed by atoms with van der Waals surface area (Å²) in [4.78, 5) is 24.5. The fourth-order valence-electron chi connectivity index (χ4n) is 3.85. The lowest BCUT2D eigenvalue weighted by Crippen LogP contribution is -2.14. The highest BCUT2D eigenvalue weighted by Gasteiger charge is 2.29. The zero-order valence-electron chi connectivity index (χ0n) is 14.9. The van der Waals surface area contributed by atoms with Gasteiger partial charge < -0.3 is 10.6 Å². The Morgan fingerprint density at radius 1 is 0.815 bits per heavy atom. The van der Waals surface area contributed by atoms with Gasteiger partial charge >= 0.3 is 0 Å². The van der Waals surface area contributed by atoms with E-state index in [0.717, 1.165) is 42.4 Å². The van der Waals surface area contributed by atoms with Crippen molar-refractivity contribution in [3.8, 4) is 0 Å². The molecular weight excluding hydrogens is 336 g/mol. The molecule has 0 bridgehead atoms. The van der Waals surface area contributed by atoms with Gasteiger partial charge in [0.25, 0.3) is 5.91 Å². The molecule has 4 nitrogen and oxygen atoms in total. The Hall–Kier alpha value is -3.14. The van der Waals surface area contributed by atoms with Gasteiger partial charge in [0, 0.05) is 28.2 Å². The zero-order chi connectivity index (χ0) is 18.4. The normalized spacial score (nSPS) is 15.0. The molecule has 4 heteroatoms. The predicted molar refractivity (Wildman–Crippen MR) is 107 cm³/mol. The molecule has 2 aliphatic carbocycles. The van der Waals surface area contributed by atoms with E-state index in [0.29, 0.717) is 5.56 Å². The molecule has 0 atom stereocenters. The SMILES string of the molecule is O=C(Nc1ccc2c3c(cccc13)CC2)c1ccc(NC(=O)C2CC2)cc1. The maximum Gasteiger partial charge on any atom is 0.255 e. The number of rotatable bonds is 4. The second-order valence-electron chi connectivity index (χ2n) is 7.41. The molecule has 2 N–H and O–H groups in total. The summed E-state index contributed by atoms with van der Waals surface area (Å²) in [5.41, 5.74) is 4.86. The van der Waals surface area contributed by atoms with E-state index >= 15 is 0 Å². The molecule has 0 spiro atoms. The van der Waals surface area contributed by atoms with Gasteiger partial charge in [-0.2, -0.15) is 0 Å². The summed E-state index contributed by atoms with van der Waals surface area (Å²) in [5, 5.41) is 8.32. The third-order valence-corrected chi connectivity index (χ3v) is 5.49. The lowest BCUT2D eigenvalue weighted by Gasteiger charge is -2.11. The molecule has 2 amide bonds. The summed E-state index contributed by atoms with van der Waals surface area (Å²) < 4.78 is 0. The number of hydrogen-bond donors (Lipinski definition) is 2. The van der Waals surface area contributed by atoms with Gasteiger partial charge in [-0.05, 0) is 72.5 Å². The monoisotopic (exact) mass is 356 g/mol. The number of anilines is 2. The lowest BCUT2D eigenvalue weighted by atomic mass is 10.0. The molecule has 0 heterocycles. The van der Waals surface area contributed by atoms with E-state index in [4.69, 9.17) is 0 Å². The number of carbonyl (C=O) groups is 2. The number of nitrogens with one attached hydrogen (secondary N) is 2. The van der Waals surface area contributed by atoms with Crippen molar-refractivity contribution in [1.29, 1.82) is 0 Å². The fraction of sp³-hybridized carbons (Fsp3) is 0.217. The van der Waals surface area contributed by atoms with Crippen LogP contribution in [0.25, 0.3) is 10.8 Å². The predicted octanol–water partition coefficient (Wildman–Crippen LogP) is 4.54. The number of carbonyl (C=O) groups excluding carboxylic acids is 2. The minimum absolute atomic E-state index is 0.0695. The molecule has 1 fully saturated rings. The first-order valence-electron chi connectivity index (χ1n) is 9.45. The lowest BCUT2D eigenvalue weighted by molar-refractivity contribution is -0.117. The molecule has 0 aromatic heterocycles. The van der Waals surface area contributed by atoms with Crippen molar-refractivity contribution >= 4 is 34.0 Å². The Morgan fingerprint density at radius 3 is 2.30 bits per heavy atom. The van der Waals surface area contributed by atoms with E-state index in [9.17, 15) is 9.59 Å². The van der Waals surface area contributed by atoms with Gasteiger partial charge in [0.05, 0.1) is 0 Å². The Morgan fingerprint density at radius 2 is 1.56 bits per heavy atom. The average molecular weight is 356 g/mol. The van der Waals surface area contributed by atoms with Gasteiger partial charge in [-0.3, -0.25) is 9.59 Å². The summed E-state index contributed by atoms with van der Waals surface area (Å²) in [6.07, 6.45) is 4.08. The fourth-order valence-corrected chi connectivity index (χ4v) is 3.85. The van der Waals surface area contributed by atoms with E-state index < -0.39 is 0 Å². The van der Waals surface area contributed by atoms with Crippen LogP contribution in [-0.4, -0.2) is 11.8 Å². The van der Waals surface area contributed by atoms with Crippen molar-refractivity contribution in [1.82, 2.24) is 0 Å². The maximum atomic E-state index is 12.7. The third kappa shape index (κ3) is 2.97. The van der Waals surface area contributed by atoms with Gasteiger partial charge in [-0.1, -0.05) is 24.3 Å². The number of hydrogen-bond acceptors (Lipinski definition) is 2. The highest BCUT2D eigenvalue weighted by Crippen LogP contribution is 2.35. The standard InChI is InChI=1S/C23H20N2O2/c26-22(16-6-7-16)24-18-11-8-17(9-12-18)23(27)25-20-13-10-15-5-4-14-2-1-3-19(20)21(14)15/h1-3,8-13,16H,4-7H2,(H,24,26)(H,25,27). The van der Waals surface area contributed by atoms with Crippen molar-refractivity contribution in [2.24, 2.45) is 5.92 Å². The van der Waals surface area contributed by atoms with Crippen molar-refractivity contribution in [2.75, 3.05) is 10.6 Å². The van der Waals surface area contributed by atoms with E-state index in [1.807, 2.05) is 6.07 Å². The van der Waals surface area contributed by atoms with Gasteiger partial charge in [-0.15, -0.1) is 0 Å². The molecule has 0 aliphatic heterocycles. The van der Waals surface area contributed by atoms with Crippen LogP contribution in [0.4, 0.5) is 11.4 Å². The molecule has 0 unspecified atom stereocenters. The zero-order valence-corrected chi connectivity index (χ0v) is 14.9. The molecule has 134 valence electrons. The van der Waals surface area contributed by atoms with Gasteiger partial charge in [0.15, 0.2) is 0 Å².